The molecule has 0 bridgehead atoms. The molecule has 0 spiro atoms. The van der Waals surface area contributed by atoms with Gasteiger partial charge in [0.05, 0.1) is 25.0 Å². The number of aromatic nitrogens is 2. The van der Waals surface area contributed by atoms with Crippen LogP contribution in [0, 0.1) is 0 Å². The van der Waals surface area contributed by atoms with Crippen molar-refractivity contribution in [3.8, 4) is 5.75 Å². The Labute approximate surface area is 92.5 Å². The lowest BCUT2D eigenvalue weighted by atomic mass is 10.2. The van der Waals surface area contributed by atoms with Crippen molar-refractivity contribution in [2.24, 2.45) is 5.73 Å². The molecule has 1 unspecified atom stereocenters. The second-order valence-corrected chi connectivity index (χ2v) is 3.55. The zero-order valence-electron chi connectivity index (χ0n) is 9.18. The van der Waals surface area contributed by atoms with E-state index < -0.39 is 6.17 Å². The Bertz CT molecular complexity index is 575. The van der Waals surface area contributed by atoms with E-state index in [-0.39, 0.29) is 5.56 Å². The highest BCUT2D eigenvalue weighted by Crippen LogP contribution is 2.20. The fourth-order valence-electron chi connectivity index (χ4n) is 1.59. The van der Waals surface area contributed by atoms with Crippen molar-refractivity contribution in [3.05, 3.63) is 34.9 Å². The van der Waals surface area contributed by atoms with E-state index in [9.17, 15) is 4.79 Å². The Kier molecular flexibility index (Phi) is 2.62. The number of para-hydroxylation sites is 1. The van der Waals surface area contributed by atoms with Crippen molar-refractivity contribution in [1.29, 1.82) is 0 Å². The van der Waals surface area contributed by atoms with E-state index in [1.165, 1.54) is 10.9 Å². The zero-order chi connectivity index (χ0) is 11.7. The lowest BCUT2D eigenvalue weighted by Crippen LogP contribution is -2.28. The summed E-state index contributed by atoms with van der Waals surface area (Å²) in [6.45, 7) is 1.73. The summed E-state index contributed by atoms with van der Waals surface area (Å²) in [5, 5.41) is 0.513. The van der Waals surface area contributed by atoms with E-state index in [4.69, 9.17) is 10.5 Å². The summed E-state index contributed by atoms with van der Waals surface area (Å²) in [7, 11) is 1.55. The van der Waals surface area contributed by atoms with Gasteiger partial charge in [-0.15, -0.1) is 0 Å². The average molecular weight is 219 g/mol. The van der Waals surface area contributed by atoms with Crippen LogP contribution in [0.3, 0.4) is 0 Å². The number of ether oxygens (including phenoxy) is 1. The van der Waals surface area contributed by atoms with Crippen LogP contribution in [0.2, 0.25) is 0 Å². The summed E-state index contributed by atoms with van der Waals surface area (Å²) in [6.07, 6.45) is 1.05. The van der Waals surface area contributed by atoms with Crippen LogP contribution in [0.15, 0.2) is 29.3 Å². The predicted octanol–water partition coefficient (Wildman–Crippen LogP) is 0.882. The van der Waals surface area contributed by atoms with Crippen molar-refractivity contribution < 1.29 is 4.74 Å². The lowest BCUT2D eigenvalue weighted by Gasteiger charge is -2.10. The third-order valence-electron chi connectivity index (χ3n) is 2.43. The van der Waals surface area contributed by atoms with Crippen LogP contribution in [0.1, 0.15) is 13.1 Å². The minimum absolute atomic E-state index is 0.154. The normalized spacial score (nSPS) is 12.7. The molecule has 1 aromatic heterocycles. The van der Waals surface area contributed by atoms with E-state index in [1.807, 2.05) is 0 Å². The van der Waals surface area contributed by atoms with E-state index in [2.05, 4.69) is 4.98 Å². The molecular weight excluding hydrogens is 206 g/mol. The maximum Gasteiger partial charge on any atom is 0.262 e. The zero-order valence-corrected chi connectivity index (χ0v) is 9.18. The molecule has 0 aliphatic heterocycles. The Morgan fingerprint density at radius 3 is 2.88 bits per heavy atom. The third kappa shape index (κ3) is 1.55. The highest BCUT2D eigenvalue weighted by molar-refractivity contribution is 5.83. The smallest absolute Gasteiger partial charge is 0.262 e. The van der Waals surface area contributed by atoms with Gasteiger partial charge >= 0.3 is 0 Å². The van der Waals surface area contributed by atoms with Gasteiger partial charge in [0.25, 0.3) is 5.56 Å². The highest BCUT2D eigenvalue weighted by Gasteiger charge is 2.09. The largest absolute Gasteiger partial charge is 0.494 e. The van der Waals surface area contributed by atoms with Crippen molar-refractivity contribution in [2.75, 3.05) is 7.11 Å². The average Bonchev–Trinajstić information content (AvgIpc) is 2.28. The fraction of sp³-hybridized carbons (Fsp3) is 0.273. The highest BCUT2D eigenvalue weighted by atomic mass is 16.5. The fourth-order valence-corrected chi connectivity index (χ4v) is 1.59. The van der Waals surface area contributed by atoms with Gasteiger partial charge in [0.2, 0.25) is 0 Å². The van der Waals surface area contributed by atoms with E-state index in [0.29, 0.717) is 16.7 Å². The van der Waals surface area contributed by atoms with Crippen LogP contribution in [0.4, 0.5) is 0 Å². The quantitative estimate of drug-likeness (QED) is 0.814. The second kappa shape index (κ2) is 3.94. The minimum Gasteiger partial charge on any atom is -0.494 e. The summed E-state index contributed by atoms with van der Waals surface area (Å²) in [4.78, 5) is 16.2. The van der Waals surface area contributed by atoms with Gasteiger partial charge in [0.15, 0.2) is 0 Å². The third-order valence-corrected chi connectivity index (χ3v) is 2.43. The molecule has 0 saturated carbocycles. The molecule has 5 nitrogen and oxygen atoms in total. The number of methoxy groups -OCH3 is 1. The molecule has 0 aliphatic rings. The summed E-state index contributed by atoms with van der Waals surface area (Å²) in [6, 6.07) is 5.24. The predicted molar refractivity (Wildman–Crippen MR) is 61.5 cm³/mol. The molecule has 1 atom stereocenters. The van der Waals surface area contributed by atoms with Crippen LogP contribution in [0.25, 0.3) is 10.9 Å². The molecule has 5 heteroatoms. The Hall–Kier alpha value is -1.88. The van der Waals surface area contributed by atoms with Gasteiger partial charge in [-0.1, -0.05) is 6.07 Å². The SMILES string of the molecule is COc1cccc2c(=O)n(C(C)N)cnc12. The molecule has 1 heterocycles. The first-order chi connectivity index (χ1) is 7.65. The standard InChI is InChI=1S/C11H13N3O2/c1-7(12)14-6-13-10-8(11(14)15)4-3-5-9(10)16-2/h3-7H,12H2,1-2H3. The number of nitrogens with zero attached hydrogens (tertiary/aromatic N) is 2. The number of hydrogen-bond donors (Lipinski definition) is 1. The van der Waals surface area contributed by atoms with E-state index in [0.717, 1.165) is 0 Å². The summed E-state index contributed by atoms with van der Waals surface area (Å²) in [5.41, 5.74) is 6.08. The molecule has 2 rings (SSSR count). The maximum absolute atomic E-state index is 12.0. The van der Waals surface area contributed by atoms with Crippen molar-refractivity contribution in [3.63, 3.8) is 0 Å². The Balaban J connectivity index is 2.82. The van der Waals surface area contributed by atoms with Crippen LogP contribution in [-0.2, 0) is 0 Å². The molecule has 0 amide bonds. The van der Waals surface area contributed by atoms with Crippen LogP contribution in [0.5, 0.6) is 5.75 Å². The van der Waals surface area contributed by atoms with Gasteiger partial charge in [0.1, 0.15) is 11.3 Å². The van der Waals surface area contributed by atoms with Crippen LogP contribution >= 0.6 is 0 Å². The minimum atomic E-state index is -0.393. The number of fused-ring (bicyclic) bond motifs is 1. The van der Waals surface area contributed by atoms with Gasteiger partial charge in [-0.3, -0.25) is 9.36 Å². The van der Waals surface area contributed by atoms with Gasteiger partial charge in [-0.2, -0.15) is 0 Å². The monoisotopic (exact) mass is 219 g/mol. The van der Waals surface area contributed by atoms with Gasteiger partial charge in [-0.25, -0.2) is 4.98 Å². The van der Waals surface area contributed by atoms with Gasteiger partial charge in [-0.05, 0) is 19.1 Å². The number of nitrogens with two attached hydrogens (primary N) is 1. The van der Waals surface area contributed by atoms with Gasteiger partial charge < -0.3 is 10.5 Å². The molecule has 2 N–H and O–H groups in total. The maximum atomic E-state index is 12.0. The van der Waals surface area contributed by atoms with Crippen molar-refractivity contribution in [2.45, 2.75) is 13.1 Å². The topological polar surface area (TPSA) is 70.1 Å². The van der Waals surface area contributed by atoms with E-state index >= 15 is 0 Å². The lowest BCUT2D eigenvalue weighted by molar-refractivity contribution is 0.418. The molecule has 0 aliphatic carbocycles. The number of rotatable bonds is 2. The molecule has 84 valence electrons. The van der Waals surface area contributed by atoms with Crippen LogP contribution in [-0.4, -0.2) is 16.7 Å². The molecule has 0 fully saturated rings. The molecule has 1 aromatic carbocycles. The number of benzene rings is 1. The summed E-state index contributed by atoms with van der Waals surface area (Å²) < 4.78 is 6.53. The molecule has 0 saturated heterocycles. The Morgan fingerprint density at radius 1 is 1.50 bits per heavy atom. The van der Waals surface area contributed by atoms with Crippen molar-refractivity contribution in [1.82, 2.24) is 9.55 Å². The number of hydrogen-bond acceptors (Lipinski definition) is 4. The summed E-state index contributed by atoms with van der Waals surface area (Å²) >= 11 is 0. The van der Waals surface area contributed by atoms with E-state index in [1.54, 1.807) is 32.2 Å². The van der Waals surface area contributed by atoms with Crippen molar-refractivity contribution >= 4 is 10.9 Å². The van der Waals surface area contributed by atoms with Gasteiger partial charge in [0, 0.05) is 0 Å². The summed E-state index contributed by atoms with van der Waals surface area (Å²) in [5.74, 6) is 0.589. The Morgan fingerprint density at radius 2 is 2.25 bits per heavy atom. The first-order valence-corrected chi connectivity index (χ1v) is 4.94. The van der Waals surface area contributed by atoms with Crippen LogP contribution < -0.4 is 16.0 Å². The molecule has 2 aromatic rings. The first kappa shape index (κ1) is 10.6. The first-order valence-electron chi connectivity index (χ1n) is 4.94. The molecular formula is C11H13N3O2. The second-order valence-electron chi connectivity index (χ2n) is 3.55. The molecule has 16 heavy (non-hydrogen) atoms. The molecule has 0 radical (unpaired) electrons.